The van der Waals surface area contributed by atoms with Gasteiger partial charge in [-0.1, -0.05) is 36.7 Å². The summed E-state index contributed by atoms with van der Waals surface area (Å²) >= 11 is 6.14. The minimum Gasteiger partial charge on any atom is -0.297 e. The van der Waals surface area contributed by atoms with Crippen molar-refractivity contribution in [2.75, 3.05) is 0 Å². The van der Waals surface area contributed by atoms with Gasteiger partial charge in [0.1, 0.15) is 5.82 Å². The number of nitrogens with zero attached hydrogens (tertiary/aromatic N) is 2. The van der Waals surface area contributed by atoms with Crippen molar-refractivity contribution in [1.82, 2.24) is 9.38 Å². The Labute approximate surface area is 128 Å². The van der Waals surface area contributed by atoms with E-state index in [-0.39, 0.29) is 0 Å². The molecule has 0 atom stereocenters. The molecule has 0 amide bonds. The fourth-order valence-corrected chi connectivity index (χ4v) is 3.21. The molecule has 104 valence electrons. The average Bonchev–Trinajstić information content (AvgIpc) is 2.86. The molecule has 4 rings (SSSR count). The van der Waals surface area contributed by atoms with Crippen LogP contribution in [0.5, 0.6) is 0 Å². The van der Waals surface area contributed by atoms with Gasteiger partial charge in [-0.2, -0.15) is 0 Å². The highest BCUT2D eigenvalue weighted by molar-refractivity contribution is 6.31. The molecule has 0 aliphatic carbocycles. The Balaban J connectivity index is 2.24. The minimum absolute atomic E-state index is 0.771. The number of aryl methyl sites for hydroxylation is 1. The third kappa shape index (κ3) is 1.90. The number of hydrogen-bond donors (Lipinski definition) is 0. The van der Waals surface area contributed by atoms with E-state index in [1.165, 1.54) is 16.4 Å². The first kappa shape index (κ1) is 12.7. The van der Waals surface area contributed by atoms with Crippen molar-refractivity contribution in [3.8, 4) is 0 Å². The molecule has 2 aromatic heterocycles. The first-order valence-corrected chi connectivity index (χ1v) is 7.64. The Bertz CT molecular complexity index is 969. The maximum atomic E-state index is 6.14. The summed E-state index contributed by atoms with van der Waals surface area (Å²) in [4.78, 5) is 4.87. The van der Waals surface area contributed by atoms with Gasteiger partial charge in [0, 0.05) is 22.2 Å². The molecule has 3 heteroatoms. The summed E-state index contributed by atoms with van der Waals surface area (Å²) < 4.78 is 2.28. The molecule has 0 fully saturated rings. The second-order valence-electron chi connectivity index (χ2n) is 5.36. The molecule has 0 N–H and O–H groups in total. The topological polar surface area (TPSA) is 17.3 Å². The van der Waals surface area contributed by atoms with Crippen molar-refractivity contribution in [2.24, 2.45) is 0 Å². The van der Waals surface area contributed by atoms with Gasteiger partial charge < -0.3 is 0 Å². The number of fused-ring (bicyclic) bond motifs is 5. The number of hydrogen-bond acceptors (Lipinski definition) is 1. The SMILES string of the molecule is CCCc1nc2ccccc2c2cc3cc(Cl)ccc3n12. The van der Waals surface area contributed by atoms with Gasteiger partial charge in [0.05, 0.1) is 16.6 Å². The molecular formula is C18H15ClN2. The van der Waals surface area contributed by atoms with Gasteiger partial charge in [0.2, 0.25) is 0 Å². The van der Waals surface area contributed by atoms with Crippen LogP contribution in [0.25, 0.3) is 27.3 Å². The molecule has 2 nitrogen and oxygen atoms in total. The molecule has 2 aromatic carbocycles. The van der Waals surface area contributed by atoms with Crippen LogP contribution >= 0.6 is 11.6 Å². The smallest absolute Gasteiger partial charge is 0.114 e. The fraction of sp³-hybridized carbons (Fsp3) is 0.167. The lowest BCUT2D eigenvalue weighted by Gasteiger charge is -2.09. The quantitative estimate of drug-likeness (QED) is 0.494. The van der Waals surface area contributed by atoms with Crippen LogP contribution in [0, 0.1) is 0 Å². The van der Waals surface area contributed by atoms with E-state index < -0.39 is 0 Å². The van der Waals surface area contributed by atoms with Gasteiger partial charge in [-0.15, -0.1) is 0 Å². The van der Waals surface area contributed by atoms with Crippen LogP contribution in [-0.2, 0) is 6.42 Å². The second kappa shape index (κ2) is 4.74. The van der Waals surface area contributed by atoms with E-state index >= 15 is 0 Å². The Kier molecular flexibility index (Phi) is 2.86. The van der Waals surface area contributed by atoms with Gasteiger partial charge in [0.25, 0.3) is 0 Å². The van der Waals surface area contributed by atoms with Crippen LogP contribution in [0.15, 0.2) is 48.5 Å². The number of para-hydroxylation sites is 1. The molecule has 4 aromatic rings. The number of rotatable bonds is 2. The first-order chi connectivity index (χ1) is 10.3. The highest BCUT2D eigenvalue weighted by Crippen LogP contribution is 2.29. The average molecular weight is 295 g/mol. The van der Waals surface area contributed by atoms with E-state index in [1.54, 1.807) is 0 Å². The zero-order valence-corrected chi connectivity index (χ0v) is 12.6. The van der Waals surface area contributed by atoms with Gasteiger partial charge in [0.15, 0.2) is 0 Å². The normalized spacial score (nSPS) is 11.7. The van der Waals surface area contributed by atoms with Crippen LogP contribution < -0.4 is 0 Å². The summed E-state index contributed by atoms with van der Waals surface area (Å²) in [5.74, 6) is 1.11. The van der Waals surface area contributed by atoms with E-state index in [4.69, 9.17) is 16.6 Å². The van der Waals surface area contributed by atoms with E-state index in [0.29, 0.717) is 0 Å². The molecule has 0 bridgehead atoms. The van der Waals surface area contributed by atoms with E-state index in [9.17, 15) is 0 Å². The maximum Gasteiger partial charge on any atom is 0.114 e. The van der Waals surface area contributed by atoms with Gasteiger partial charge in [-0.3, -0.25) is 4.40 Å². The molecule has 0 spiro atoms. The van der Waals surface area contributed by atoms with Crippen LogP contribution in [-0.4, -0.2) is 9.38 Å². The fourth-order valence-electron chi connectivity index (χ4n) is 3.03. The third-order valence-electron chi connectivity index (χ3n) is 3.92. The Morgan fingerprint density at radius 3 is 2.76 bits per heavy atom. The summed E-state index contributed by atoms with van der Waals surface area (Å²) in [7, 11) is 0. The van der Waals surface area contributed by atoms with Crippen molar-refractivity contribution in [1.29, 1.82) is 0 Å². The van der Waals surface area contributed by atoms with Crippen molar-refractivity contribution < 1.29 is 0 Å². The van der Waals surface area contributed by atoms with Crippen LogP contribution in [0.3, 0.4) is 0 Å². The lowest BCUT2D eigenvalue weighted by Crippen LogP contribution is -2.01. The summed E-state index contributed by atoms with van der Waals surface area (Å²) in [5, 5.41) is 3.12. The predicted octanol–water partition coefficient (Wildman–Crippen LogP) is 5.25. The van der Waals surface area contributed by atoms with Gasteiger partial charge in [-0.05, 0) is 36.8 Å². The van der Waals surface area contributed by atoms with Crippen molar-refractivity contribution in [3.63, 3.8) is 0 Å². The molecule has 0 saturated heterocycles. The van der Waals surface area contributed by atoms with Crippen LogP contribution in [0.4, 0.5) is 0 Å². The molecule has 0 aliphatic rings. The van der Waals surface area contributed by atoms with E-state index in [2.05, 4.69) is 41.7 Å². The van der Waals surface area contributed by atoms with E-state index in [0.717, 1.165) is 34.6 Å². The molecule has 0 unspecified atom stereocenters. The molecule has 21 heavy (non-hydrogen) atoms. The summed E-state index contributed by atoms with van der Waals surface area (Å²) in [5.41, 5.74) is 3.44. The standard InChI is InChI=1S/C18H15ClN2/c1-2-5-18-20-15-7-4-3-6-14(15)17-11-12-10-13(19)8-9-16(12)21(17)18/h3-4,6-11H,2,5H2,1H3. The highest BCUT2D eigenvalue weighted by atomic mass is 35.5. The Morgan fingerprint density at radius 2 is 1.90 bits per heavy atom. The lowest BCUT2D eigenvalue weighted by atomic mass is 10.2. The van der Waals surface area contributed by atoms with E-state index in [1.807, 2.05) is 18.2 Å². The number of halogens is 1. The summed E-state index contributed by atoms with van der Waals surface area (Å²) in [6.07, 6.45) is 2.04. The number of benzene rings is 2. The predicted molar refractivity (Wildman–Crippen MR) is 89.2 cm³/mol. The molecule has 0 saturated carbocycles. The number of aromatic nitrogens is 2. The second-order valence-corrected chi connectivity index (χ2v) is 5.80. The van der Waals surface area contributed by atoms with Gasteiger partial charge >= 0.3 is 0 Å². The third-order valence-corrected chi connectivity index (χ3v) is 4.16. The van der Waals surface area contributed by atoms with Crippen molar-refractivity contribution in [2.45, 2.75) is 19.8 Å². The minimum atomic E-state index is 0.771. The lowest BCUT2D eigenvalue weighted by molar-refractivity contribution is 0.830. The van der Waals surface area contributed by atoms with Gasteiger partial charge in [-0.25, -0.2) is 4.98 Å². The van der Waals surface area contributed by atoms with Crippen LogP contribution in [0.2, 0.25) is 5.02 Å². The first-order valence-electron chi connectivity index (χ1n) is 7.26. The molecule has 0 radical (unpaired) electrons. The Hall–Kier alpha value is -2.06. The molecular weight excluding hydrogens is 280 g/mol. The summed E-state index contributed by atoms with van der Waals surface area (Å²) in [6.45, 7) is 2.19. The highest BCUT2D eigenvalue weighted by Gasteiger charge is 2.11. The van der Waals surface area contributed by atoms with Crippen molar-refractivity contribution >= 4 is 38.9 Å². The monoisotopic (exact) mass is 294 g/mol. The maximum absolute atomic E-state index is 6.14. The zero-order chi connectivity index (χ0) is 14.4. The Morgan fingerprint density at radius 1 is 1.05 bits per heavy atom. The summed E-state index contributed by atoms with van der Waals surface area (Å²) in [6, 6.07) is 16.6. The van der Waals surface area contributed by atoms with Crippen LogP contribution in [0.1, 0.15) is 19.2 Å². The molecule has 2 heterocycles. The molecule has 0 aliphatic heterocycles. The zero-order valence-electron chi connectivity index (χ0n) is 11.8. The van der Waals surface area contributed by atoms with Crippen molar-refractivity contribution in [3.05, 3.63) is 59.4 Å². The largest absolute Gasteiger partial charge is 0.297 e.